The molecule has 1 aliphatic rings. The van der Waals surface area contributed by atoms with Gasteiger partial charge in [-0.2, -0.15) is 0 Å². The second-order valence-electron chi connectivity index (χ2n) is 7.99. The Labute approximate surface area is 177 Å². The minimum absolute atomic E-state index is 0.177. The highest BCUT2D eigenvalue weighted by Crippen LogP contribution is 2.24. The maximum Gasteiger partial charge on any atom is 0.321 e. The van der Waals surface area contributed by atoms with Gasteiger partial charge in [-0.25, -0.2) is 17.6 Å². The predicted octanol–water partition coefficient (Wildman–Crippen LogP) is 3.81. The molecule has 1 N–H and O–H groups in total. The number of nitrogens with one attached hydrogen (secondary N) is 1. The monoisotopic (exact) mass is 433 g/mol. The molecule has 1 atom stereocenters. The van der Waals surface area contributed by atoms with E-state index in [1.54, 1.807) is 4.90 Å². The molecule has 6 nitrogen and oxygen atoms in total. The van der Waals surface area contributed by atoms with E-state index < -0.39 is 15.7 Å². The van der Waals surface area contributed by atoms with Gasteiger partial charge >= 0.3 is 6.03 Å². The summed E-state index contributed by atoms with van der Waals surface area (Å²) in [5.41, 5.74) is 2.86. The topological polar surface area (TPSA) is 69.7 Å². The lowest BCUT2D eigenvalue weighted by Crippen LogP contribution is -2.50. The quantitative estimate of drug-likeness (QED) is 0.779. The summed E-state index contributed by atoms with van der Waals surface area (Å²) in [5.74, 6) is -0.872. The maximum atomic E-state index is 13.6. The fourth-order valence-electron chi connectivity index (χ4n) is 3.73. The molecule has 1 saturated heterocycles. The number of rotatable bonds is 5. The van der Waals surface area contributed by atoms with Crippen molar-refractivity contribution in [1.82, 2.24) is 4.90 Å². The van der Waals surface area contributed by atoms with Gasteiger partial charge < -0.3 is 15.1 Å². The number of nitrogens with zero attached hydrogens (tertiary/aromatic N) is 2. The van der Waals surface area contributed by atoms with Crippen LogP contribution in [0, 0.1) is 12.7 Å². The highest BCUT2D eigenvalue weighted by molar-refractivity contribution is 7.89. The van der Waals surface area contributed by atoms with Crippen molar-refractivity contribution in [2.24, 2.45) is 0 Å². The zero-order valence-corrected chi connectivity index (χ0v) is 18.4. The number of piperidine rings is 1. The average Bonchev–Trinajstić information content (AvgIpc) is 2.69. The molecule has 0 radical (unpaired) electrons. The summed E-state index contributed by atoms with van der Waals surface area (Å²) in [5, 5.41) is 2.77. The van der Waals surface area contributed by atoms with Crippen molar-refractivity contribution >= 4 is 27.2 Å². The van der Waals surface area contributed by atoms with E-state index in [0.717, 1.165) is 30.9 Å². The van der Waals surface area contributed by atoms with Crippen LogP contribution in [0.5, 0.6) is 0 Å². The van der Waals surface area contributed by atoms with Gasteiger partial charge in [0.1, 0.15) is 5.82 Å². The van der Waals surface area contributed by atoms with Crippen LogP contribution in [0.2, 0.25) is 0 Å². The van der Waals surface area contributed by atoms with E-state index in [9.17, 15) is 17.6 Å². The summed E-state index contributed by atoms with van der Waals surface area (Å²) in [6.45, 7) is 3.22. The van der Waals surface area contributed by atoms with Gasteiger partial charge in [-0.15, -0.1) is 0 Å². The molecule has 0 saturated carbocycles. The number of amides is 2. The first-order valence-corrected chi connectivity index (χ1v) is 12.0. The number of carbonyl (C=O) groups is 1. The minimum Gasteiger partial charge on any atom is -0.370 e. The molecule has 2 amide bonds. The minimum atomic E-state index is -3.37. The van der Waals surface area contributed by atoms with Crippen molar-refractivity contribution in [1.29, 1.82) is 0 Å². The number of urea groups is 1. The van der Waals surface area contributed by atoms with Crippen LogP contribution >= 0.6 is 0 Å². The van der Waals surface area contributed by atoms with Crippen LogP contribution in [-0.4, -0.2) is 51.8 Å². The zero-order chi connectivity index (χ0) is 21.9. The Kier molecular flexibility index (Phi) is 6.65. The first kappa shape index (κ1) is 22.1. The van der Waals surface area contributed by atoms with Crippen LogP contribution in [0.25, 0.3) is 0 Å². The molecule has 0 spiro atoms. The molecule has 0 bridgehead atoms. The third-order valence-electron chi connectivity index (χ3n) is 5.40. The van der Waals surface area contributed by atoms with Crippen molar-refractivity contribution in [3.05, 3.63) is 59.4 Å². The Balaban J connectivity index is 1.71. The van der Waals surface area contributed by atoms with Gasteiger partial charge in [-0.1, -0.05) is 17.7 Å². The number of anilines is 2. The molecule has 0 aromatic heterocycles. The number of likely N-dealkylation sites (tertiary alicyclic amines) is 1. The predicted molar refractivity (Wildman–Crippen MR) is 118 cm³/mol. The summed E-state index contributed by atoms with van der Waals surface area (Å²) < 4.78 is 37.0. The normalized spacial score (nSPS) is 16.9. The molecular formula is C22H28FN3O3S. The third-order valence-corrected chi connectivity index (χ3v) is 6.23. The van der Waals surface area contributed by atoms with Crippen molar-refractivity contribution in [2.45, 2.75) is 31.6 Å². The molecule has 1 heterocycles. The number of aryl methyl sites for hydroxylation is 1. The van der Waals surface area contributed by atoms with Crippen LogP contribution in [-0.2, 0) is 15.6 Å². The second-order valence-corrected chi connectivity index (χ2v) is 10.1. The van der Waals surface area contributed by atoms with Crippen LogP contribution in [0.1, 0.15) is 24.0 Å². The Morgan fingerprint density at radius 3 is 2.60 bits per heavy atom. The van der Waals surface area contributed by atoms with Gasteiger partial charge in [0.05, 0.1) is 5.75 Å². The van der Waals surface area contributed by atoms with Gasteiger partial charge in [-0.3, -0.25) is 0 Å². The maximum absolute atomic E-state index is 13.6. The second kappa shape index (κ2) is 9.04. The molecule has 2 aromatic carbocycles. The molecule has 3 rings (SSSR count). The van der Waals surface area contributed by atoms with Gasteiger partial charge in [0.25, 0.3) is 0 Å². The average molecular weight is 434 g/mol. The summed E-state index contributed by atoms with van der Waals surface area (Å²) in [4.78, 5) is 16.8. The molecule has 1 fully saturated rings. The molecule has 30 heavy (non-hydrogen) atoms. The third kappa shape index (κ3) is 5.72. The summed E-state index contributed by atoms with van der Waals surface area (Å²) >= 11 is 0. The van der Waals surface area contributed by atoms with Crippen molar-refractivity contribution in [2.75, 3.05) is 36.6 Å². The highest BCUT2D eigenvalue weighted by Gasteiger charge is 2.27. The SMILES string of the molecule is Cc1ccc(N(C)[C@H]2CCCN(C(=O)Nc3ccc(F)cc3CS(C)(=O)=O)C2)cc1. The van der Waals surface area contributed by atoms with Crippen molar-refractivity contribution in [3.8, 4) is 0 Å². The number of halogens is 1. The Morgan fingerprint density at radius 1 is 1.23 bits per heavy atom. The first-order chi connectivity index (χ1) is 14.1. The van der Waals surface area contributed by atoms with E-state index >= 15 is 0 Å². The molecule has 0 unspecified atom stereocenters. The number of sulfone groups is 1. The molecule has 1 aliphatic heterocycles. The van der Waals surface area contributed by atoms with Gasteiger partial charge in [-0.05, 0) is 55.7 Å². The summed E-state index contributed by atoms with van der Waals surface area (Å²) in [6.07, 6.45) is 2.93. The van der Waals surface area contributed by atoms with Crippen molar-refractivity contribution in [3.63, 3.8) is 0 Å². The van der Waals surface area contributed by atoms with Gasteiger partial charge in [0.2, 0.25) is 0 Å². The number of hydrogen-bond donors (Lipinski definition) is 1. The largest absolute Gasteiger partial charge is 0.370 e. The smallest absolute Gasteiger partial charge is 0.321 e. The van der Waals surface area contributed by atoms with Gasteiger partial charge in [0, 0.05) is 43.8 Å². The number of benzene rings is 2. The lowest BCUT2D eigenvalue weighted by molar-refractivity contribution is 0.192. The highest BCUT2D eigenvalue weighted by atomic mass is 32.2. The number of carbonyl (C=O) groups excluding carboxylic acids is 1. The Morgan fingerprint density at radius 2 is 1.93 bits per heavy atom. The number of likely N-dealkylation sites (N-methyl/N-ethyl adjacent to an activating group) is 1. The van der Waals surface area contributed by atoms with E-state index in [1.165, 1.54) is 17.7 Å². The summed E-state index contributed by atoms with van der Waals surface area (Å²) in [6, 6.07) is 11.9. The lowest BCUT2D eigenvalue weighted by Gasteiger charge is -2.38. The van der Waals surface area contributed by atoms with Crippen LogP contribution in [0.15, 0.2) is 42.5 Å². The van der Waals surface area contributed by atoms with Crippen LogP contribution < -0.4 is 10.2 Å². The molecule has 0 aliphatic carbocycles. The van der Waals surface area contributed by atoms with Crippen LogP contribution in [0.3, 0.4) is 0 Å². The summed E-state index contributed by atoms with van der Waals surface area (Å²) in [7, 11) is -1.34. The molecular weight excluding hydrogens is 405 g/mol. The van der Waals surface area contributed by atoms with E-state index in [2.05, 4.69) is 34.5 Å². The fraction of sp³-hybridized carbons (Fsp3) is 0.409. The van der Waals surface area contributed by atoms with Gasteiger partial charge in [0.15, 0.2) is 9.84 Å². The Hall–Kier alpha value is -2.61. The molecule has 162 valence electrons. The fourth-order valence-corrected chi connectivity index (χ4v) is 4.53. The first-order valence-electron chi connectivity index (χ1n) is 9.94. The van der Waals surface area contributed by atoms with E-state index in [1.807, 2.05) is 14.0 Å². The standard InChI is InChI=1S/C22H28FN3O3S/c1-16-6-9-19(10-7-16)25(2)20-5-4-12-26(14-20)22(27)24-21-11-8-18(23)13-17(21)15-30(3,28)29/h6-11,13,20H,4-5,12,14-15H2,1-3H3,(H,24,27)/t20-/m0/s1. The van der Waals surface area contributed by atoms with E-state index in [0.29, 0.717) is 18.8 Å². The lowest BCUT2D eigenvalue weighted by atomic mass is 10.0. The van der Waals surface area contributed by atoms with Crippen LogP contribution in [0.4, 0.5) is 20.6 Å². The molecule has 2 aromatic rings. The zero-order valence-electron chi connectivity index (χ0n) is 17.6. The molecule has 8 heteroatoms. The van der Waals surface area contributed by atoms with E-state index in [4.69, 9.17) is 0 Å². The Bertz CT molecular complexity index is 1010. The number of hydrogen-bond acceptors (Lipinski definition) is 4. The van der Waals surface area contributed by atoms with E-state index in [-0.39, 0.29) is 23.4 Å². The van der Waals surface area contributed by atoms with Crippen molar-refractivity contribution < 1.29 is 17.6 Å².